The Balaban J connectivity index is 2.09. The maximum Gasteiger partial charge on any atom is 0.149 e. The quantitative estimate of drug-likeness (QED) is 0.692. The molecule has 0 fully saturated rings. The molecule has 0 radical (unpaired) electrons. The van der Waals surface area contributed by atoms with Crippen molar-refractivity contribution in [2.75, 3.05) is 6.61 Å². The van der Waals surface area contributed by atoms with Crippen LogP contribution in [0.4, 0.5) is 4.39 Å². The predicted molar refractivity (Wildman–Crippen MR) is 92.2 cm³/mol. The summed E-state index contributed by atoms with van der Waals surface area (Å²) in [7, 11) is 0. The van der Waals surface area contributed by atoms with E-state index in [1.165, 1.54) is 12.1 Å². The fraction of sp³-hybridized carbons (Fsp3) is 0.111. The molecular formula is C18H13ClFN3O. The maximum atomic E-state index is 13.3. The summed E-state index contributed by atoms with van der Waals surface area (Å²) in [5, 5.41) is 10.0. The molecular weight excluding hydrogens is 329 g/mol. The molecule has 3 rings (SSSR count). The summed E-state index contributed by atoms with van der Waals surface area (Å²) in [6.07, 6.45) is 1.64. The molecule has 4 nitrogen and oxygen atoms in total. The number of allylic oxidation sites excluding steroid dienone is 1. The second-order valence-electron chi connectivity index (χ2n) is 5.03. The zero-order valence-electron chi connectivity index (χ0n) is 12.8. The van der Waals surface area contributed by atoms with Gasteiger partial charge >= 0.3 is 0 Å². The normalized spacial score (nSPS) is 11.5. The van der Waals surface area contributed by atoms with Crippen LogP contribution in [0.2, 0.25) is 5.02 Å². The highest BCUT2D eigenvalue weighted by molar-refractivity contribution is 6.30. The lowest BCUT2D eigenvalue weighted by atomic mass is 10.1. The number of nitrogens with zero attached hydrogens (tertiary/aromatic N) is 2. The summed E-state index contributed by atoms with van der Waals surface area (Å²) < 4.78 is 18.9. The van der Waals surface area contributed by atoms with Gasteiger partial charge in [-0.25, -0.2) is 9.37 Å². The van der Waals surface area contributed by atoms with E-state index in [2.05, 4.69) is 16.0 Å². The van der Waals surface area contributed by atoms with Gasteiger partial charge in [-0.15, -0.1) is 0 Å². The van der Waals surface area contributed by atoms with Gasteiger partial charge in [-0.05, 0) is 49.4 Å². The van der Waals surface area contributed by atoms with E-state index < -0.39 is 0 Å². The Bertz CT molecular complexity index is 972. The number of imidazole rings is 1. The van der Waals surface area contributed by atoms with Gasteiger partial charge in [-0.1, -0.05) is 11.6 Å². The number of H-pyrrole nitrogens is 1. The number of nitriles is 1. The number of nitrogens with one attached hydrogen (secondary N) is 1. The topological polar surface area (TPSA) is 61.7 Å². The number of halogens is 2. The van der Waals surface area contributed by atoms with Crippen molar-refractivity contribution in [3.63, 3.8) is 0 Å². The molecule has 0 unspecified atom stereocenters. The Morgan fingerprint density at radius 2 is 2.21 bits per heavy atom. The summed E-state index contributed by atoms with van der Waals surface area (Å²) in [4.78, 5) is 7.29. The van der Waals surface area contributed by atoms with Crippen LogP contribution < -0.4 is 4.74 Å². The van der Waals surface area contributed by atoms with E-state index >= 15 is 0 Å². The second kappa shape index (κ2) is 6.73. The molecule has 6 heteroatoms. The number of hydrogen-bond donors (Lipinski definition) is 1. The van der Waals surface area contributed by atoms with Crippen molar-refractivity contribution in [1.82, 2.24) is 9.97 Å². The third-order valence-electron chi connectivity index (χ3n) is 3.39. The fourth-order valence-electron chi connectivity index (χ4n) is 2.34. The molecule has 2 aromatic carbocycles. The Morgan fingerprint density at radius 3 is 2.96 bits per heavy atom. The van der Waals surface area contributed by atoms with Crippen LogP contribution in [0.5, 0.6) is 5.75 Å². The molecule has 0 saturated carbocycles. The highest BCUT2D eigenvalue weighted by Gasteiger charge is 2.11. The van der Waals surface area contributed by atoms with Gasteiger partial charge in [0.2, 0.25) is 0 Å². The monoisotopic (exact) mass is 341 g/mol. The summed E-state index contributed by atoms with van der Waals surface area (Å²) in [5.41, 5.74) is 2.09. The molecule has 0 atom stereocenters. The van der Waals surface area contributed by atoms with E-state index in [9.17, 15) is 9.65 Å². The van der Waals surface area contributed by atoms with Crippen LogP contribution in [0.1, 0.15) is 18.3 Å². The Morgan fingerprint density at radius 1 is 1.38 bits per heavy atom. The standard InChI is InChI=1S/C18H13ClFN3O/c1-2-24-17-6-3-13(19)8-11(17)7-12(10-21)18-22-15-5-4-14(20)9-16(15)23-18/h3-9H,2H2,1H3,(H,22,23)/b12-7+. The molecule has 24 heavy (non-hydrogen) atoms. The summed E-state index contributed by atoms with van der Waals surface area (Å²) >= 11 is 6.04. The van der Waals surface area contributed by atoms with Crippen LogP contribution in [0.25, 0.3) is 22.7 Å². The number of ether oxygens (including phenoxy) is 1. The molecule has 0 bridgehead atoms. The summed E-state index contributed by atoms with van der Waals surface area (Å²) in [5.74, 6) is 0.617. The number of aromatic nitrogens is 2. The van der Waals surface area contributed by atoms with Crippen LogP contribution in [-0.2, 0) is 0 Å². The first-order chi connectivity index (χ1) is 11.6. The average Bonchev–Trinajstić information content (AvgIpc) is 2.97. The van der Waals surface area contributed by atoms with Crippen molar-refractivity contribution in [3.8, 4) is 11.8 Å². The predicted octanol–water partition coefficient (Wildman–Crippen LogP) is 4.82. The molecule has 1 aromatic heterocycles. The number of benzene rings is 2. The molecule has 0 aliphatic carbocycles. The van der Waals surface area contributed by atoms with Crippen LogP contribution >= 0.6 is 11.6 Å². The molecule has 3 aromatic rings. The van der Waals surface area contributed by atoms with Crippen molar-refractivity contribution in [3.05, 3.63) is 58.6 Å². The molecule has 0 aliphatic rings. The third-order valence-corrected chi connectivity index (χ3v) is 3.63. The van der Waals surface area contributed by atoms with Crippen LogP contribution in [0.15, 0.2) is 36.4 Å². The van der Waals surface area contributed by atoms with Crippen molar-refractivity contribution >= 4 is 34.3 Å². The smallest absolute Gasteiger partial charge is 0.149 e. The average molecular weight is 342 g/mol. The first-order valence-electron chi connectivity index (χ1n) is 7.30. The minimum absolute atomic E-state index is 0.301. The van der Waals surface area contributed by atoms with Gasteiger partial charge in [0.25, 0.3) is 0 Å². The highest BCUT2D eigenvalue weighted by atomic mass is 35.5. The van der Waals surface area contributed by atoms with Gasteiger partial charge in [0.15, 0.2) is 0 Å². The number of aromatic amines is 1. The zero-order valence-corrected chi connectivity index (χ0v) is 13.6. The molecule has 0 spiro atoms. The lowest BCUT2D eigenvalue weighted by Gasteiger charge is -2.07. The van der Waals surface area contributed by atoms with Gasteiger partial charge in [-0.3, -0.25) is 0 Å². The lowest BCUT2D eigenvalue weighted by molar-refractivity contribution is 0.339. The molecule has 120 valence electrons. The molecule has 1 heterocycles. The van der Waals surface area contributed by atoms with E-state index in [1.54, 1.807) is 30.3 Å². The minimum Gasteiger partial charge on any atom is -0.493 e. The van der Waals surface area contributed by atoms with Crippen molar-refractivity contribution in [1.29, 1.82) is 5.26 Å². The van der Waals surface area contributed by atoms with Crippen molar-refractivity contribution < 1.29 is 9.13 Å². The maximum absolute atomic E-state index is 13.3. The fourth-order valence-corrected chi connectivity index (χ4v) is 2.52. The highest BCUT2D eigenvalue weighted by Crippen LogP contribution is 2.27. The van der Waals surface area contributed by atoms with Gasteiger partial charge < -0.3 is 9.72 Å². The first kappa shape index (κ1) is 16.0. The minimum atomic E-state index is -0.367. The zero-order chi connectivity index (χ0) is 17.1. The van der Waals surface area contributed by atoms with Crippen LogP contribution in [0, 0.1) is 17.1 Å². The number of hydrogen-bond acceptors (Lipinski definition) is 3. The van der Waals surface area contributed by atoms with Gasteiger partial charge in [0.1, 0.15) is 23.5 Å². The second-order valence-corrected chi connectivity index (χ2v) is 5.47. The van der Waals surface area contributed by atoms with Crippen molar-refractivity contribution in [2.24, 2.45) is 0 Å². The van der Waals surface area contributed by atoms with Gasteiger partial charge in [0.05, 0.1) is 23.2 Å². The van der Waals surface area contributed by atoms with Crippen molar-refractivity contribution in [2.45, 2.75) is 6.92 Å². The molecule has 0 amide bonds. The third kappa shape index (κ3) is 3.24. The van der Waals surface area contributed by atoms with E-state index in [1.807, 2.05) is 6.92 Å². The lowest BCUT2D eigenvalue weighted by Crippen LogP contribution is -1.94. The largest absolute Gasteiger partial charge is 0.493 e. The van der Waals surface area contributed by atoms with E-state index in [-0.39, 0.29) is 5.82 Å². The molecule has 0 saturated heterocycles. The Labute approximate surface area is 143 Å². The van der Waals surface area contributed by atoms with E-state index in [0.29, 0.717) is 45.4 Å². The number of rotatable bonds is 4. The summed E-state index contributed by atoms with van der Waals surface area (Å²) in [6.45, 7) is 2.37. The van der Waals surface area contributed by atoms with Gasteiger partial charge in [0, 0.05) is 10.6 Å². The van der Waals surface area contributed by atoms with Crippen LogP contribution in [-0.4, -0.2) is 16.6 Å². The Hall–Kier alpha value is -2.84. The Kier molecular flexibility index (Phi) is 4.50. The van der Waals surface area contributed by atoms with Gasteiger partial charge in [-0.2, -0.15) is 5.26 Å². The van der Waals surface area contributed by atoms with E-state index in [4.69, 9.17) is 16.3 Å². The summed E-state index contributed by atoms with van der Waals surface area (Å²) in [6, 6.07) is 11.5. The SMILES string of the molecule is CCOc1ccc(Cl)cc1/C=C(\C#N)c1nc2ccc(F)cc2[nH]1. The molecule has 1 N–H and O–H groups in total. The van der Waals surface area contributed by atoms with Crippen LogP contribution in [0.3, 0.4) is 0 Å². The number of fused-ring (bicyclic) bond motifs is 1. The first-order valence-corrected chi connectivity index (χ1v) is 7.68. The van der Waals surface area contributed by atoms with E-state index in [0.717, 1.165) is 0 Å². The molecule has 0 aliphatic heterocycles.